The van der Waals surface area contributed by atoms with Crippen molar-refractivity contribution < 1.29 is 46.4 Å². The van der Waals surface area contributed by atoms with E-state index in [9.17, 15) is 32.1 Å². The van der Waals surface area contributed by atoms with Crippen molar-refractivity contribution >= 4 is 33.8 Å². The second-order valence-electron chi connectivity index (χ2n) is 10.9. The Morgan fingerprint density at radius 2 is 1.29 bits per heavy atom. The predicted octanol–water partition coefficient (Wildman–Crippen LogP) is 5.16. The molecule has 0 spiro atoms. The molecule has 2 aromatic rings. The zero-order valence-electron chi connectivity index (χ0n) is 23.6. The molecule has 0 radical (unpaired) electrons. The number of carbonyl (C=O) groups excluding carboxylic acids is 4. The van der Waals surface area contributed by atoms with Crippen molar-refractivity contribution in [3.8, 4) is 0 Å². The summed E-state index contributed by atoms with van der Waals surface area (Å²) in [6, 6.07) is 8.36. The van der Waals surface area contributed by atoms with Crippen molar-refractivity contribution in [2.75, 3.05) is 13.2 Å². The van der Waals surface area contributed by atoms with Gasteiger partial charge in [-0.05, 0) is 81.7 Å². The molecule has 1 saturated carbocycles. The van der Waals surface area contributed by atoms with Crippen molar-refractivity contribution in [1.82, 2.24) is 0 Å². The van der Waals surface area contributed by atoms with Crippen LogP contribution in [0.2, 0.25) is 0 Å². The van der Waals surface area contributed by atoms with Crippen LogP contribution in [0.4, 0.5) is 0 Å². The lowest BCUT2D eigenvalue weighted by Gasteiger charge is -2.28. The molecular weight excluding hydrogens is 552 g/mol. The molecule has 0 aromatic heterocycles. The fraction of sp³-hybridized carbons (Fsp3) is 0.467. The van der Waals surface area contributed by atoms with Crippen LogP contribution in [-0.2, 0) is 24.3 Å². The van der Waals surface area contributed by atoms with E-state index in [-0.39, 0.29) is 47.0 Å². The minimum absolute atomic E-state index is 0.0686. The minimum Gasteiger partial charge on any atom is -0.462 e. The maximum atomic E-state index is 12.8. The molecule has 0 bridgehead atoms. The number of ether oxygens (including phenoxy) is 3. The molecule has 222 valence electrons. The van der Waals surface area contributed by atoms with Gasteiger partial charge >= 0.3 is 17.9 Å². The third kappa shape index (κ3) is 9.31. The predicted molar refractivity (Wildman–Crippen MR) is 148 cm³/mol. The molecule has 0 saturated heterocycles. The maximum Gasteiger partial charge on any atom is 0.346 e. The van der Waals surface area contributed by atoms with E-state index in [2.05, 4.69) is 0 Å². The molecule has 0 atom stereocenters. The molecule has 0 amide bonds. The molecule has 2 aromatic carbocycles. The quantitative estimate of drug-likeness (QED) is 0.161. The van der Waals surface area contributed by atoms with Crippen molar-refractivity contribution in [3.05, 3.63) is 64.7 Å². The first-order valence-corrected chi connectivity index (χ1v) is 15.0. The van der Waals surface area contributed by atoms with E-state index in [1.165, 1.54) is 24.3 Å². The van der Waals surface area contributed by atoms with Gasteiger partial charge in [0.25, 0.3) is 10.1 Å². The third-order valence-corrected chi connectivity index (χ3v) is 7.68. The Kier molecular flexibility index (Phi) is 10.9. The van der Waals surface area contributed by atoms with Crippen LogP contribution in [0.1, 0.15) is 94.8 Å². The minimum atomic E-state index is -4.82. The lowest BCUT2D eigenvalue weighted by Crippen LogP contribution is -2.24. The van der Waals surface area contributed by atoms with Gasteiger partial charge in [0.15, 0.2) is 5.78 Å². The van der Waals surface area contributed by atoms with Crippen LogP contribution < -0.4 is 0 Å². The van der Waals surface area contributed by atoms with Gasteiger partial charge in [-0.1, -0.05) is 26.0 Å². The first-order chi connectivity index (χ1) is 19.2. The number of carbonyl (C=O) groups is 4. The zero-order valence-corrected chi connectivity index (χ0v) is 24.4. The Hall–Kier alpha value is -3.41. The lowest BCUT2D eigenvalue weighted by molar-refractivity contribution is 0.0227. The van der Waals surface area contributed by atoms with Crippen LogP contribution >= 0.6 is 0 Å². The molecule has 1 aliphatic carbocycles. The summed E-state index contributed by atoms with van der Waals surface area (Å²) in [6.45, 7) is 8.18. The first-order valence-electron chi connectivity index (χ1n) is 13.6. The van der Waals surface area contributed by atoms with Crippen LogP contribution in [0.25, 0.3) is 0 Å². The summed E-state index contributed by atoms with van der Waals surface area (Å²) in [7, 11) is -4.82. The maximum absolute atomic E-state index is 12.8. The molecule has 1 aliphatic rings. The highest BCUT2D eigenvalue weighted by Crippen LogP contribution is 2.30. The highest BCUT2D eigenvalue weighted by Gasteiger charge is 2.25. The molecular formula is C30H36O10S. The zero-order chi connectivity index (χ0) is 30.3. The lowest BCUT2D eigenvalue weighted by atomic mass is 9.83. The Bertz CT molecular complexity index is 1390. The number of rotatable bonds is 11. The van der Waals surface area contributed by atoms with Gasteiger partial charge in [0.05, 0.1) is 34.3 Å². The molecule has 0 heterocycles. The SMILES string of the molecule is CC(C)OCC1CCC(COC(=O)c2cc(C(=O)OC(=O)c3cccc(C(=O)C(C)C)c3)cc(S(=O)(=O)O)c2)CC1. The monoisotopic (exact) mass is 588 g/mol. The second kappa shape index (κ2) is 14.0. The Labute approximate surface area is 240 Å². The Morgan fingerprint density at radius 3 is 1.85 bits per heavy atom. The van der Waals surface area contributed by atoms with Gasteiger partial charge in [-0.15, -0.1) is 0 Å². The molecule has 10 nitrogen and oxygen atoms in total. The van der Waals surface area contributed by atoms with Gasteiger partial charge in [0, 0.05) is 18.1 Å². The van der Waals surface area contributed by atoms with E-state index < -0.39 is 38.5 Å². The molecule has 11 heteroatoms. The highest BCUT2D eigenvalue weighted by molar-refractivity contribution is 7.85. The van der Waals surface area contributed by atoms with Gasteiger partial charge in [0.2, 0.25) is 0 Å². The van der Waals surface area contributed by atoms with Gasteiger partial charge in [-0.25, -0.2) is 14.4 Å². The van der Waals surface area contributed by atoms with Crippen molar-refractivity contribution in [3.63, 3.8) is 0 Å². The molecule has 0 aliphatic heterocycles. The second-order valence-corrected chi connectivity index (χ2v) is 12.3. The summed E-state index contributed by atoms with van der Waals surface area (Å²) in [5.74, 6) is -3.17. The van der Waals surface area contributed by atoms with Crippen molar-refractivity contribution in [2.45, 2.75) is 64.4 Å². The van der Waals surface area contributed by atoms with E-state index >= 15 is 0 Å². The number of esters is 3. The average Bonchev–Trinajstić information content (AvgIpc) is 2.94. The number of ketones is 1. The van der Waals surface area contributed by atoms with Gasteiger partial charge in [-0.2, -0.15) is 8.42 Å². The Balaban J connectivity index is 1.70. The Morgan fingerprint density at radius 1 is 0.780 bits per heavy atom. The third-order valence-electron chi connectivity index (χ3n) is 6.85. The number of benzene rings is 2. The van der Waals surface area contributed by atoms with E-state index in [1.807, 2.05) is 13.8 Å². The molecule has 1 N–H and O–H groups in total. The fourth-order valence-corrected chi connectivity index (χ4v) is 5.04. The molecule has 3 rings (SSSR count). The van der Waals surface area contributed by atoms with Crippen molar-refractivity contribution in [2.24, 2.45) is 17.8 Å². The standard InChI is InChI=1S/C30H36O10S/c1-18(2)27(31)22-6-5-7-23(12-22)29(33)40-30(34)25-13-24(14-26(15-25)41(35,36)37)28(32)39-17-21-10-8-20(9-11-21)16-38-19(3)4/h5-7,12-15,18-21H,8-11,16-17H2,1-4H3,(H,35,36,37). The fourth-order valence-electron chi connectivity index (χ4n) is 4.49. The average molecular weight is 589 g/mol. The van der Waals surface area contributed by atoms with E-state index in [4.69, 9.17) is 14.2 Å². The van der Waals surface area contributed by atoms with E-state index in [1.54, 1.807) is 13.8 Å². The summed E-state index contributed by atoms with van der Waals surface area (Å²) >= 11 is 0. The number of hydrogen-bond acceptors (Lipinski definition) is 9. The smallest absolute Gasteiger partial charge is 0.346 e. The molecule has 1 fully saturated rings. The summed E-state index contributed by atoms with van der Waals surface area (Å²) in [4.78, 5) is 49.8. The largest absolute Gasteiger partial charge is 0.462 e. The number of hydrogen-bond donors (Lipinski definition) is 1. The van der Waals surface area contributed by atoms with Crippen LogP contribution in [0, 0.1) is 17.8 Å². The summed E-state index contributed by atoms with van der Waals surface area (Å²) in [5, 5.41) is 0. The topological polar surface area (TPSA) is 150 Å². The van der Waals surface area contributed by atoms with Crippen LogP contribution in [0.3, 0.4) is 0 Å². The van der Waals surface area contributed by atoms with Gasteiger partial charge in [-0.3, -0.25) is 9.35 Å². The summed E-state index contributed by atoms with van der Waals surface area (Å²) < 4.78 is 49.3. The molecule has 0 unspecified atom stereocenters. The van der Waals surface area contributed by atoms with Gasteiger partial charge < -0.3 is 14.2 Å². The van der Waals surface area contributed by atoms with Crippen molar-refractivity contribution in [1.29, 1.82) is 0 Å². The van der Waals surface area contributed by atoms with Crippen LogP contribution in [0.5, 0.6) is 0 Å². The summed E-state index contributed by atoms with van der Waals surface area (Å²) in [6.07, 6.45) is 3.72. The highest BCUT2D eigenvalue weighted by atomic mass is 32.2. The van der Waals surface area contributed by atoms with Crippen LogP contribution in [-0.4, -0.2) is 56.0 Å². The first kappa shape index (κ1) is 32.1. The van der Waals surface area contributed by atoms with Crippen LogP contribution in [0.15, 0.2) is 47.4 Å². The van der Waals surface area contributed by atoms with E-state index in [0.717, 1.165) is 43.9 Å². The van der Waals surface area contributed by atoms with E-state index in [0.29, 0.717) is 12.5 Å². The van der Waals surface area contributed by atoms with Gasteiger partial charge in [0.1, 0.15) is 0 Å². The molecule has 41 heavy (non-hydrogen) atoms. The number of Topliss-reactive ketones (excluding diaryl/α,β-unsaturated/α-hetero) is 1. The normalized spacial score (nSPS) is 17.3. The summed E-state index contributed by atoms with van der Waals surface area (Å²) in [5.41, 5.74) is -0.567.